The SMILES string of the molecule is CCCOC(=O)C1(C(F)F)Cc2cccc(Cl)c2C1=O. The number of alkyl halides is 2. The molecule has 0 spiro atoms. The van der Waals surface area contributed by atoms with Crippen LogP contribution in [0, 0.1) is 5.41 Å². The van der Waals surface area contributed by atoms with Crippen LogP contribution in [0.15, 0.2) is 18.2 Å². The molecule has 0 aliphatic heterocycles. The van der Waals surface area contributed by atoms with Gasteiger partial charge in [0.25, 0.3) is 6.43 Å². The number of ketones is 1. The number of Topliss-reactive ketones (excluding diaryl/α,β-unsaturated/α-hetero) is 1. The molecular formula is C14H13ClF2O3. The molecule has 1 aliphatic rings. The van der Waals surface area contributed by atoms with E-state index in [1.54, 1.807) is 13.0 Å². The normalized spacial score (nSPS) is 21.1. The van der Waals surface area contributed by atoms with Crippen LogP contribution in [0.25, 0.3) is 0 Å². The van der Waals surface area contributed by atoms with E-state index in [4.69, 9.17) is 16.3 Å². The first kappa shape index (κ1) is 14.9. The molecule has 3 nitrogen and oxygen atoms in total. The number of halogens is 3. The van der Waals surface area contributed by atoms with Gasteiger partial charge in [0.05, 0.1) is 11.6 Å². The van der Waals surface area contributed by atoms with Gasteiger partial charge in [-0.3, -0.25) is 9.59 Å². The van der Waals surface area contributed by atoms with Gasteiger partial charge in [0, 0.05) is 12.0 Å². The molecule has 0 aromatic heterocycles. The maximum atomic E-state index is 13.5. The molecule has 6 heteroatoms. The Kier molecular flexibility index (Phi) is 4.09. The minimum absolute atomic E-state index is 0.00270. The monoisotopic (exact) mass is 302 g/mol. The molecular weight excluding hydrogens is 290 g/mol. The second kappa shape index (κ2) is 5.48. The van der Waals surface area contributed by atoms with Crippen molar-refractivity contribution >= 4 is 23.4 Å². The number of esters is 1. The van der Waals surface area contributed by atoms with E-state index in [2.05, 4.69) is 0 Å². The lowest BCUT2D eigenvalue weighted by Crippen LogP contribution is -2.45. The van der Waals surface area contributed by atoms with Crippen LogP contribution in [0.2, 0.25) is 5.02 Å². The minimum atomic E-state index is -3.14. The Morgan fingerprint density at radius 3 is 2.75 bits per heavy atom. The number of ether oxygens (including phenoxy) is 1. The molecule has 0 heterocycles. The molecule has 108 valence electrons. The average Bonchev–Trinajstić information content (AvgIpc) is 2.71. The van der Waals surface area contributed by atoms with E-state index < -0.39 is 23.6 Å². The van der Waals surface area contributed by atoms with Crippen LogP contribution in [0.3, 0.4) is 0 Å². The highest BCUT2D eigenvalue weighted by atomic mass is 35.5. The molecule has 1 atom stereocenters. The predicted molar refractivity (Wildman–Crippen MR) is 69.2 cm³/mol. The van der Waals surface area contributed by atoms with Crippen LogP contribution in [-0.2, 0) is 16.0 Å². The van der Waals surface area contributed by atoms with Crippen molar-refractivity contribution in [2.75, 3.05) is 6.61 Å². The van der Waals surface area contributed by atoms with Gasteiger partial charge in [-0.15, -0.1) is 0 Å². The summed E-state index contributed by atoms with van der Waals surface area (Å²) in [7, 11) is 0. The Bertz CT molecular complexity index is 559. The summed E-state index contributed by atoms with van der Waals surface area (Å²) < 4.78 is 31.7. The molecule has 0 saturated heterocycles. The van der Waals surface area contributed by atoms with Crippen molar-refractivity contribution in [1.29, 1.82) is 0 Å². The first-order valence-electron chi connectivity index (χ1n) is 6.22. The third-order valence-electron chi connectivity index (χ3n) is 3.38. The molecule has 0 amide bonds. The summed E-state index contributed by atoms with van der Waals surface area (Å²) in [5, 5.41) is 0.0818. The molecule has 1 aromatic rings. The number of benzene rings is 1. The molecule has 0 bridgehead atoms. The van der Waals surface area contributed by atoms with Gasteiger partial charge < -0.3 is 4.74 Å². The van der Waals surface area contributed by atoms with Gasteiger partial charge in [0.2, 0.25) is 0 Å². The molecule has 1 aromatic carbocycles. The Labute approximate surface area is 119 Å². The fourth-order valence-electron chi connectivity index (χ4n) is 2.33. The maximum Gasteiger partial charge on any atom is 0.326 e. The highest BCUT2D eigenvalue weighted by Crippen LogP contribution is 2.44. The summed E-state index contributed by atoms with van der Waals surface area (Å²) in [6, 6.07) is 4.53. The second-order valence-electron chi connectivity index (χ2n) is 4.69. The van der Waals surface area contributed by atoms with Crippen LogP contribution >= 0.6 is 11.6 Å². The third kappa shape index (κ3) is 2.10. The first-order chi connectivity index (χ1) is 9.45. The average molecular weight is 303 g/mol. The minimum Gasteiger partial charge on any atom is -0.465 e. The molecule has 0 N–H and O–H groups in total. The van der Waals surface area contributed by atoms with Crippen molar-refractivity contribution in [2.24, 2.45) is 5.41 Å². The summed E-state index contributed by atoms with van der Waals surface area (Å²) in [5.74, 6) is -2.12. The number of carbonyl (C=O) groups excluding carboxylic acids is 2. The molecule has 0 radical (unpaired) electrons. The molecule has 0 fully saturated rings. The van der Waals surface area contributed by atoms with Crippen molar-refractivity contribution in [3.8, 4) is 0 Å². The fraction of sp³-hybridized carbons (Fsp3) is 0.429. The standard InChI is InChI=1S/C14H13ClF2O3/c1-2-6-20-13(19)14(12(16)17)7-8-4-3-5-9(15)10(8)11(14)18/h3-5,12H,2,6-7H2,1H3. The Hall–Kier alpha value is -1.49. The van der Waals surface area contributed by atoms with E-state index in [1.165, 1.54) is 12.1 Å². The van der Waals surface area contributed by atoms with Crippen molar-refractivity contribution < 1.29 is 23.1 Å². The van der Waals surface area contributed by atoms with Gasteiger partial charge in [-0.05, 0) is 18.1 Å². The Morgan fingerprint density at radius 2 is 2.20 bits per heavy atom. The van der Waals surface area contributed by atoms with Gasteiger partial charge >= 0.3 is 5.97 Å². The summed E-state index contributed by atoms with van der Waals surface area (Å²) in [5.41, 5.74) is -2.10. The highest BCUT2D eigenvalue weighted by molar-refractivity contribution is 6.35. The van der Waals surface area contributed by atoms with E-state index in [-0.39, 0.29) is 23.6 Å². The number of hydrogen-bond acceptors (Lipinski definition) is 3. The second-order valence-corrected chi connectivity index (χ2v) is 5.10. The molecule has 20 heavy (non-hydrogen) atoms. The van der Waals surface area contributed by atoms with E-state index in [1.807, 2.05) is 0 Å². The fourth-order valence-corrected chi connectivity index (χ4v) is 2.61. The zero-order valence-electron chi connectivity index (χ0n) is 10.8. The predicted octanol–water partition coefficient (Wildman–Crippen LogP) is 3.28. The van der Waals surface area contributed by atoms with Crippen molar-refractivity contribution in [3.63, 3.8) is 0 Å². The molecule has 0 saturated carbocycles. The number of rotatable bonds is 4. The lowest BCUT2D eigenvalue weighted by molar-refractivity contribution is -0.160. The molecule has 1 aliphatic carbocycles. The molecule has 2 rings (SSSR count). The Balaban J connectivity index is 2.46. The quantitative estimate of drug-likeness (QED) is 0.633. The van der Waals surface area contributed by atoms with Gasteiger partial charge in [0.1, 0.15) is 0 Å². The lowest BCUT2D eigenvalue weighted by atomic mass is 9.84. The largest absolute Gasteiger partial charge is 0.465 e. The smallest absolute Gasteiger partial charge is 0.326 e. The summed E-state index contributed by atoms with van der Waals surface area (Å²) >= 11 is 5.89. The number of fused-ring (bicyclic) bond motifs is 1. The topological polar surface area (TPSA) is 43.4 Å². The zero-order chi connectivity index (χ0) is 14.9. The van der Waals surface area contributed by atoms with E-state index in [0.717, 1.165) is 0 Å². The zero-order valence-corrected chi connectivity index (χ0v) is 11.5. The van der Waals surface area contributed by atoms with Crippen molar-refractivity contribution in [1.82, 2.24) is 0 Å². The first-order valence-corrected chi connectivity index (χ1v) is 6.60. The van der Waals surface area contributed by atoms with Gasteiger partial charge in [-0.25, -0.2) is 8.78 Å². The van der Waals surface area contributed by atoms with E-state index in [0.29, 0.717) is 12.0 Å². The van der Waals surface area contributed by atoms with Crippen LogP contribution in [-0.4, -0.2) is 24.8 Å². The van der Waals surface area contributed by atoms with Gasteiger partial charge in [0.15, 0.2) is 11.2 Å². The Morgan fingerprint density at radius 1 is 1.50 bits per heavy atom. The van der Waals surface area contributed by atoms with Crippen LogP contribution < -0.4 is 0 Å². The third-order valence-corrected chi connectivity index (χ3v) is 3.69. The van der Waals surface area contributed by atoms with Crippen LogP contribution in [0.1, 0.15) is 29.3 Å². The lowest BCUT2D eigenvalue weighted by Gasteiger charge is -2.24. The van der Waals surface area contributed by atoms with E-state index in [9.17, 15) is 18.4 Å². The van der Waals surface area contributed by atoms with Crippen LogP contribution in [0.5, 0.6) is 0 Å². The number of hydrogen-bond donors (Lipinski definition) is 0. The number of carbonyl (C=O) groups is 2. The van der Waals surface area contributed by atoms with Gasteiger partial charge in [-0.2, -0.15) is 0 Å². The summed E-state index contributed by atoms with van der Waals surface area (Å²) in [6.07, 6.45) is -3.02. The van der Waals surface area contributed by atoms with Gasteiger partial charge in [-0.1, -0.05) is 30.7 Å². The van der Waals surface area contributed by atoms with Crippen molar-refractivity contribution in [3.05, 3.63) is 34.3 Å². The summed E-state index contributed by atoms with van der Waals surface area (Å²) in [4.78, 5) is 24.3. The van der Waals surface area contributed by atoms with Crippen molar-refractivity contribution in [2.45, 2.75) is 26.2 Å². The van der Waals surface area contributed by atoms with Crippen LogP contribution in [0.4, 0.5) is 8.78 Å². The maximum absolute atomic E-state index is 13.5. The summed E-state index contributed by atoms with van der Waals surface area (Å²) in [6.45, 7) is 1.75. The highest BCUT2D eigenvalue weighted by Gasteiger charge is 2.60. The molecule has 1 unspecified atom stereocenters. The van der Waals surface area contributed by atoms with E-state index >= 15 is 0 Å².